The van der Waals surface area contributed by atoms with Crippen molar-refractivity contribution in [1.82, 2.24) is 9.97 Å². The first-order valence-electron chi connectivity index (χ1n) is 6.01. The van der Waals surface area contributed by atoms with E-state index in [9.17, 15) is 4.39 Å². The largest absolute Gasteiger partial charge is 0.381 e. The topological polar surface area (TPSA) is 37.8 Å². The normalized spacial score (nSPS) is 10.6. The lowest BCUT2D eigenvalue weighted by atomic mass is 10.2. The number of benzene rings is 2. The van der Waals surface area contributed by atoms with Crippen molar-refractivity contribution in [1.29, 1.82) is 0 Å². The maximum atomic E-state index is 13.5. The zero-order valence-corrected chi connectivity index (χ0v) is 10.2. The van der Waals surface area contributed by atoms with Gasteiger partial charge in [0.05, 0.1) is 11.0 Å². The van der Waals surface area contributed by atoms with Gasteiger partial charge in [-0.2, -0.15) is 0 Å². The monoisotopic (exact) mass is 253 g/mol. The standard InChI is InChI=1S/C15H12FN3/c16-13-4-2-1-3-11(13)10-19-12-5-6-14-15(9-12)18-8-7-17-14/h1-9,19H,10H2. The van der Waals surface area contributed by atoms with Gasteiger partial charge in [-0.1, -0.05) is 18.2 Å². The van der Waals surface area contributed by atoms with Crippen LogP contribution in [0.15, 0.2) is 54.9 Å². The fraction of sp³-hybridized carbons (Fsp3) is 0.0667. The smallest absolute Gasteiger partial charge is 0.128 e. The van der Waals surface area contributed by atoms with Gasteiger partial charge in [-0.15, -0.1) is 0 Å². The first-order chi connectivity index (χ1) is 9.33. The molecule has 0 saturated heterocycles. The van der Waals surface area contributed by atoms with E-state index in [0.29, 0.717) is 12.1 Å². The average molecular weight is 253 g/mol. The summed E-state index contributed by atoms with van der Waals surface area (Å²) in [7, 11) is 0. The number of anilines is 1. The lowest BCUT2D eigenvalue weighted by Gasteiger charge is -2.07. The van der Waals surface area contributed by atoms with Crippen LogP contribution in [0.5, 0.6) is 0 Å². The minimum atomic E-state index is -0.199. The Morgan fingerprint density at radius 2 is 1.74 bits per heavy atom. The third-order valence-electron chi connectivity index (χ3n) is 2.91. The maximum absolute atomic E-state index is 13.5. The maximum Gasteiger partial charge on any atom is 0.128 e. The van der Waals surface area contributed by atoms with Crippen molar-refractivity contribution in [3.05, 3.63) is 66.2 Å². The first kappa shape index (κ1) is 11.6. The van der Waals surface area contributed by atoms with Gasteiger partial charge < -0.3 is 5.32 Å². The molecule has 0 fully saturated rings. The van der Waals surface area contributed by atoms with Crippen LogP contribution in [-0.2, 0) is 6.54 Å². The Balaban J connectivity index is 1.80. The number of aromatic nitrogens is 2. The minimum Gasteiger partial charge on any atom is -0.381 e. The van der Waals surface area contributed by atoms with E-state index in [-0.39, 0.29) is 5.82 Å². The van der Waals surface area contributed by atoms with Crippen molar-refractivity contribution in [2.24, 2.45) is 0 Å². The fourth-order valence-corrected chi connectivity index (χ4v) is 1.91. The Bertz CT molecular complexity index is 712. The highest BCUT2D eigenvalue weighted by Gasteiger charge is 2.01. The molecule has 94 valence electrons. The molecule has 1 aromatic heterocycles. The summed E-state index contributed by atoms with van der Waals surface area (Å²) in [5.74, 6) is -0.199. The Morgan fingerprint density at radius 3 is 2.58 bits per heavy atom. The van der Waals surface area contributed by atoms with Gasteiger partial charge in [0.25, 0.3) is 0 Å². The van der Waals surface area contributed by atoms with Crippen molar-refractivity contribution >= 4 is 16.7 Å². The number of hydrogen-bond donors (Lipinski definition) is 1. The zero-order chi connectivity index (χ0) is 13.1. The fourth-order valence-electron chi connectivity index (χ4n) is 1.91. The molecule has 0 atom stereocenters. The second-order valence-corrected chi connectivity index (χ2v) is 4.20. The summed E-state index contributed by atoms with van der Waals surface area (Å²) in [6, 6.07) is 12.5. The van der Waals surface area contributed by atoms with E-state index in [1.54, 1.807) is 24.5 Å². The van der Waals surface area contributed by atoms with Crippen molar-refractivity contribution in [3.63, 3.8) is 0 Å². The van der Waals surface area contributed by atoms with Crippen LogP contribution >= 0.6 is 0 Å². The molecule has 1 heterocycles. The van der Waals surface area contributed by atoms with Crippen LogP contribution in [0.2, 0.25) is 0 Å². The van der Waals surface area contributed by atoms with E-state index < -0.39 is 0 Å². The van der Waals surface area contributed by atoms with Crippen molar-refractivity contribution in [3.8, 4) is 0 Å². The number of hydrogen-bond acceptors (Lipinski definition) is 3. The number of nitrogens with zero attached hydrogens (tertiary/aromatic N) is 2. The van der Waals surface area contributed by atoms with E-state index in [1.807, 2.05) is 24.3 Å². The van der Waals surface area contributed by atoms with Crippen LogP contribution in [0.25, 0.3) is 11.0 Å². The molecule has 3 rings (SSSR count). The van der Waals surface area contributed by atoms with Gasteiger partial charge >= 0.3 is 0 Å². The van der Waals surface area contributed by atoms with E-state index in [4.69, 9.17) is 0 Å². The predicted octanol–water partition coefficient (Wildman–Crippen LogP) is 3.38. The lowest BCUT2D eigenvalue weighted by molar-refractivity contribution is 0.613. The Labute approximate surface area is 110 Å². The van der Waals surface area contributed by atoms with Gasteiger partial charge in [-0.05, 0) is 24.3 Å². The van der Waals surface area contributed by atoms with Crippen LogP contribution in [0.4, 0.5) is 10.1 Å². The van der Waals surface area contributed by atoms with E-state index in [2.05, 4.69) is 15.3 Å². The Morgan fingerprint density at radius 1 is 0.947 bits per heavy atom. The van der Waals surface area contributed by atoms with Crippen molar-refractivity contribution in [2.75, 3.05) is 5.32 Å². The molecule has 0 aliphatic carbocycles. The van der Waals surface area contributed by atoms with Gasteiger partial charge in [0.2, 0.25) is 0 Å². The highest BCUT2D eigenvalue weighted by molar-refractivity contribution is 5.78. The SMILES string of the molecule is Fc1ccccc1CNc1ccc2nccnc2c1. The summed E-state index contributed by atoms with van der Waals surface area (Å²) in [4.78, 5) is 8.44. The molecule has 0 radical (unpaired) electrons. The van der Waals surface area contributed by atoms with Crippen LogP contribution < -0.4 is 5.32 Å². The molecular formula is C15H12FN3. The van der Waals surface area contributed by atoms with Gasteiger partial charge in [0.15, 0.2) is 0 Å². The summed E-state index contributed by atoms with van der Waals surface area (Å²) in [5.41, 5.74) is 3.21. The molecule has 1 N–H and O–H groups in total. The highest BCUT2D eigenvalue weighted by Crippen LogP contribution is 2.16. The summed E-state index contributed by atoms with van der Waals surface area (Å²) < 4.78 is 13.5. The zero-order valence-electron chi connectivity index (χ0n) is 10.2. The van der Waals surface area contributed by atoms with Crippen molar-refractivity contribution in [2.45, 2.75) is 6.54 Å². The molecular weight excluding hydrogens is 241 g/mol. The molecule has 0 aliphatic heterocycles. The molecule has 3 aromatic rings. The molecule has 0 spiro atoms. The van der Waals surface area contributed by atoms with Crippen LogP contribution in [0, 0.1) is 5.82 Å². The van der Waals surface area contributed by atoms with Crippen molar-refractivity contribution < 1.29 is 4.39 Å². The number of fused-ring (bicyclic) bond motifs is 1. The molecule has 3 nitrogen and oxygen atoms in total. The number of rotatable bonds is 3. The molecule has 2 aromatic carbocycles. The van der Waals surface area contributed by atoms with Gasteiger partial charge in [0.1, 0.15) is 5.82 Å². The Kier molecular flexibility index (Phi) is 3.06. The first-order valence-corrected chi connectivity index (χ1v) is 6.01. The average Bonchev–Trinajstić information content (AvgIpc) is 2.46. The van der Waals surface area contributed by atoms with Gasteiger partial charge in [-0.3, -0.25) is 9.97 Å². The van der Waals surface area contributed by atoms with E-state index in [0.717, 1.165) is 16.7 Å². The molecule has 0 saturated carbocycles. The second-order valence-electron chi connectivity index (χ2n) is 4.20. The number of nitrogens with one attached hydrogen (secondary N) is 1. The van der Waals surface area contributed by atoms with Gasteiger partial charge in [0, 0.05) is 30.2 Å². The van der Waals surface area contributed by atoms with E-state index in [1.165, 1.54) is 6.07 Å². The second kappa shape index (κ2) is 5.02. The molecule has 0 amide bonds. The lowest BCUT2D eigenvalue weighted by Crippen LogP contribution is -2.01. The quantitative estimate of drug-likeness (QED) is 0.777. The third-order valence-corrected chi connectivity index (χ3v) is 2.91. The molecule has 4 heteroatoms. The molecule has 0 bridgehead atoms. The van der Waals surface area contributed by atoms with E-state index >= 15 is 0 Å². The third kappa shape index (κ3) is 2.52. The molecule has 0 unspecified atom stereocenters. The Hall–Kier alpha value is -2.49. The van der Waals surface area contributed by atoms with Crippen LogP contribution in [-0.4, -0.2) is 9.97 Å². The molecule has 19 heavy (non-hydrogen) atoms. The van der Waals surface area contributed by atoms with Gasteiger partial charge in [-0.25, -0.2) is 4.39 Å². The minimum absolute atomic E-state index is 0.199. The van der Waals surface area contributed by atoms with Crippen LogP contribution in [0.1, 0.15) is 5.56 Å². The summed E-state index contributed by atoms with van der Waals surface area (Å²) >= 11 is 0. The number of halogens is 1. The summed E-state index contributed by atoms with van der Waals surface area (Å²) in [6.07, 6.45) is 3.32. The summed E-state index contributed by atoms with van der Waals surface area (Å²) in [5, 5.41) is 3.19. The molecule has 0 aliphatic rings. The summed E-state index contributed by atoms with van der Waals surface area (Å²) in [6.45, 7) is 0.443. The highest BCUT2D eigenvalue weighted by atomic mass is 19.1. The predicted molar refractivity (Wildman–Crippen MR) is 73.3 cm³/mol. The van der Waals surface area contributed by atoms with Crippen LogP contribution in [0.3, 0.4) is 0 Å².